The Balaban J connectivity index is 2.02. The van der Waals surface area contributed by atoms with Crippen LogP contribution in [0, 0.1) is 15.3 Å². The molecule has 0 unspecified atom stereocenters. The summed E-state index contributed by atoms with van der Waals surface area (Å²) in [4.78, 5) is 11.6. The van der Waals surface area contributed by atoms with Crippen molar-refractivity contribution in [3.05, 3.63) is 33.1 Å². The monoisotopic (exact) mass is 319 g/mol. The first-order chi connectivity index (χ1) is 7.15. The molecule has 4 heteroatoms. The SMILES string of the molecule is O=C(NCC1CC1)c1cc(F)cc(I)c1. The molecule has 1 N–H and O–H groups in total. The molecule has 0 spiro atoms. The molecule has 1 aromatic carbocycles. The molecule has 1 fully saturated rings. The first-order valence-corrected chi connectivity index (χ1v) is 5.97. The number of hydrogen-bond donors (Lipinski definition) is 1. The lowest BCUT2D eigenvalue weighted by molar-refractivity contribution is 0.0951. The Hall–Kier alpha value is -0.650. The third-order valence-corrected chi connectivity index (χ3v) is 3.00. The molecule has 0 aliphatic heterocycles. The fourth-order valence-electron chi connectivity index (χ4n) is 1.35. The summed E-state index contributed by atoms with van der Waals surface area (Å²) in [5, 5.41) is 2.81. The van der Waals surface area contributed by atoms with Crippen LogP contribution in [0.1, 0.15) is 23.2 Å². The van der Waals surface area contributed by atoms with Crippen LogP contribution in [-0.2, 0) is 0 Å². The van der Waals surface area contributed by atoms with Gasteiger partial charge in [0.05, 0.1) is 0 Å². The molecule has 0 radical (unpaired) electrons. The highest BCUT2D eigenvalue weighted by atomic mass is 127. The van der Waals surface area contributed by atoms with E-state index < -0.39 is 0 Å². The number of amides is 1. The van der Waals surface area contributed by atoms with Crippen LogP contribution >= 0.6 is 22.6 Å². The minimum atomic E-state index is -0.363. The van der Waals surface area contributed by atoms with E-state index in [1.807, 2.05) is 22.6 Å². The third kappa shape index (κ3) is 3.15. The Bertz CT molecular complexity index is 370. The van der Waals surface area contributed by atoms with E-state index in [0.29, 0.717) is 18.0 Å². The van der Waals surface area contributed by atoms with Gasteiger partial charge in [-0.3, -0.25) is 4.79 Å². The molecule has 80 valence electrons. The fraction of sp³-hybridized carbons (Fsp3) is 0.364. The molecule has 1 aliphatic carbocycles. The molecule has 1 saturated carbocycles. The third-order valence-electron chi connectivity index (χ3n) is 2.37. The standard InChI is InChI=1S/C11H11FINO/c12-9-3-8(4-10(13)5-9)11(15)14-6-7-1-2-7/h3-5,7H,1-2,6H2,(H,14,15). The fourth-order valence-corrected chi connectivity index (χ4v) is 1.98. The van der Waals surface area contributed by atoms with Crippen LogP contribution in [0.5, 0.6) is 0 Å². The van der Waals surface area contributed by atoms with Crippen molar-refractivity contribution in [3.8, 4) is 0 Å². The molecule has 0 atom stereocenters. The van der Waals surface area contributed by atoms with Gasteiger partial charge in [-0.15, -0.1) is 0 Å². The van der Waals surface area contributed by atoms with E-state index in [1.54, 1.807) is 6.07 Å². The number of benzene rings is 1. The Morgan fingerprint density at radius 1 is 1.47 bits per heavy atom. The van der Waals surface area contributed by atoms with E-state index in [1.165, 1.54) is 25.0 Å². The van der Waals surface area contributed by atoms with Gasteiger partial charge in [-0.25, -0.2) is 4.39 Å². The second-order valence-corrected chi connectivity index (χ2v) is 5.06. The first kappa shape index (κ1) is 10.9. The zero-order valence-electron chi connectivity index (χ0n) is 8.09. The lowest BCUT2D eigenvalue weighted by Crippen LogP contribution is -2.25. The molecular weight excluding hydrogens is 308 g/mol. The van der Waals surface area contributed by atoms with Gasteiger partial charge in [0.15, 0.2) is 0 Å². The minimum absolute atomic E-state index is 0.181. The summed E-state index contributed by atoms with van der Waals surface area (Å²) in [7, 11) is 0. The molecule has 2 rings (SSSR count). The highest BCUT2D eigenvalue weighted by Crippen LogP contribution is 2.27. The summed E-state index contributed by atoms with van der Waals surface area (Å²) in [5.41, 5.74) is 0.403. The smallest absolute Gasteiger partial charge is 0.251 e. The van der Waals surface area contributed by atoms with Crippen molar-refractivity contribution in [1.29, 1.82) is 0 Å². The van der Waals surface area contributed by atoms with Crippen molar-refractivity contribution in [2.24, 2.45) is 5.92 Å². The van der Waals surface area contributed by atoms with Gasteiger partial charge in [-0.05, 0) is 59.5 Å². The van der Waals surface area contributed by atoms with Gasteiger partial charge in [-0.2, -0.15) is 0 Å². The number of nitrogens with one attached hydrogen (secondary N) is 1. The lowest BCUT2D eigenvalue weighted by Gasteiger charge is -2.04. The Labute approximate surface area is 101 Å². The summed E-state index contributed by atoms with van der Waals surface area (Å²) < 4.78 is 13.8. The van der Waals surface area contributed by atoms with Crippen LogP contribution in [0.15, 0.2) is 18.2 Å². The van der Waals surface area contributed by atoms with E-state index in [-0.39, 0.29) is 11.7 Å². The van der Waals surface area contributed by atoms with Crippen LogP contribution in [0.3, 0.4) is 0 Å². The maximum absolute atomic E-state index is 13.0. The summed E-state index contributed by atoms with van der Waals surface area (Å²) in [6.07, 6.45) is 2.39. The Morgan fingerprint density at radius 3 is 2.80 bits per heavy atom. The zero-order valence-corrected chi connectivity index (χ0v) is 10.3. The van der Waals surface area contributed by atoms with E-state index in [9.17, 15) is 9.18 Å². The second kappa shape index (κ2) is 4.47. The van der Waals surface area contributed by atoms with E-state index >= 15 is 0 Å². The van der Waals surface area contributed by atoms with Gasteiger partial charge >= 0.3 is 0 Å². The molecule has 0 saturated heterocycles. The van der Waals surface area contributed by atoms with Gasteiger partial charge in [-0.1, -0.05) is 0 Å². The molecule has 0 bridgehead atoms. The largest absolute Gasteiger partial charge is 0.352 e. The normalized spacial score (nSPS) is 15.1. The van der Waals surface area contributed by atoms with Crippen molar-refractivity contribution in [2.45, 2.75) is 12.8 Å². The summed E-state index contributed by atoms with van der Waals surface area (Å²) in [6.45, 7) is 0.714. The van der Waals surface area contributed by atoms with Crippen molar-refractivity contribution in [1.82, 2.24) is 5.32 Å². The number of carbonyl (C=O) groups is 1. The molecule has 0 heterocycles. The van der Waals surface area contributed by atoms with Gasteiger partial charge in [0.2, 0.25) is 0 Å². The van der Waals surface area contributed by atoms with Gasteiger partial charge < -0.3 is 5.32 Å². The highest BCUT2D eigenvalue weighted by Gasteiger charge is 2.21. The second-order valence-electron chi connectivity index (χ2n) is 3.81. The van der Waals surface area contributed by atoms with Gasteiger partial charge in [0.1, 0.15) is 5.82 Å². The molecule has 2 nitrogen and oxygen atoms in total. The van der Waals surface area contributed by atoms with Crippen molar-refractivity contribution in [2.75, 3.05) is 6.54 Å². The van der Waals surface area contributed by atoms with Crippen molar-refractivity contribution < 1.29 is 9.18 Å². The highest BCUT2D eigenvalue weighted by molar-refractivity contribution is 14.1. The zero-order chi connectivity index (χ0) is 10.8. The van der Waals surface area contributed by atoms with E-state index in [2.05, 4.69) is 5.32 Å². The summed E-state index contributed by atoms with van der Waals surface area (Å²) in [5.74, 6) is 0.0966. The molecule has 1 amide bonds. The Morgan fingerprint density at radius 2 is 2.20 bits per heavy atom. The van der Waals surface area contributed by atoms with Crippen molar-refractivity contribution >= 4 is 28.5 Å². The minimum Gasteiger partial charge on any atom is -0.352 e. The molecule has 0 aromatic heterocycles. The van der Waals surface area contributed by atoms with Crippen LogP contribution < -0.4 is 5.32 Å². The summed E-state index contributed by atoms with van der Waals surface area (Å²) >= 11 is 2.00. The van der Waals surface area contributed by atoms with Gasteiger partial charge in [0.25, 0.3) is 5.91 Å². The predicted molar refractivity (Wildman–Crippen MR) is 64.2 cm³/mol. The topological polar surface area (TPSA) is 29.1 Å². The average molecular weight is 319 g/mol. The first-order valence-electron chi connectivity index (χ1n) is 4.89. The quantitative estimate of drug-likeness (QED) is 0.853. The molecular formula is C11H11FINO. The molecule has 1 aliphatic rings. The average Bonchev–Trinajstić information content (AvgIpc) is 2.96. The Kier molecular flexibility index (Phi) is 3.23. The maximum Gasteiger partial charge on any atom is 0.251 e. The van der Waals surface area contributed by atoms with Crippen LogP contribution in [0.2, 0.25) is 0 Å². The van der Waals surface area contributed by atoms with Crippen LogP contribution in [0.25, 0.3) is 0 Å². The van der Waals surface area contributed by atoms with Crippen LogP contribution in [-0.4, -0.2) is 12.5 Å². The lowest BCUT2D eigenvalue weighted by atomic mass is 10.2. The van der Waals surface area contributed by atoms with Crippen molar-refractivity contribution in [3.63, 3.8) is 0 Å². The van der Waals surface area contributed by atoms with E-state index in [0.717, 1.165) is 3.57 Å². The maximum atomic E-state index is 13.0. The van der Waals surface area contributed by atoms with E-state index in [4.69, 9.17) is 0 Å². The molecule has 15 heavy (non-hydrogen) atoms. The number of carbonyl (C=O) groups excluding carboxylic acids is 1. The number of hydrogen-bond acceptors (Lipinski definition) is 1. The summed E-state index contributed by atoms with van der Waals surface area (Å²) in [6, 6.07) is 4.36. The number of rotatable bonds is 3. The predicted octanol–water partition coefficient (Wildman–Crippen LogP) is 2.57. The number of halogens is 2. The van der Waals surface area contributed by atoms with Gasteiger partial charge in [0, 0.05) is 15.7 Å². The van der Waals surface area contributed by atoms with Crippen LogP contribution in [0.4, 0.5) is 4.39 Å². The molecule has 1 aromatic rings.